The molecule has 0 spiro atoms. The molecule has 0 unspecified atom stereocenters. The van der Waals surface area contributed by atoms with E-state index in [1.807, 2.05) is 17.8 Å². The molecule has 1 aromatic carbocycles. The minimum absolute atomic E-state index is 0.697. The number of aryl methyl sites for hydroxylation is 1. The maximum atomic E-state index is 5.39. The molecule has 5 heteroatoms. The summed E-state index contributed by atoms with van der Waals surface area (Å²) in [6, 6.07) is 6.21. The molecule has 4 nitrogen and oxygen atoms in total. The van der Waals surface area contributed by atoms with Crippen molar-refractivity contribution in [3.05, 3.63) is 29.3 Å². The van der Waals surface area contributed by atoms with Crippen LogP contribution in [-0.4, -0.2) is 38.7 Å². The van der Waals surface area contributed by atoms with Crippen molar-refractivity contribution in [1.29, 1.82) is 0 Å². The van der Waals surface area contributed by atoms with Gasteiger partial charge >= 0.3 is 0 Å². The second-order valence-electron chi connectivity index (χ2n) is 4.16. The molecule has 0 heterocycles. The number of nitrogens with zero attached hydrogens (tertiary/aromatic N) is 1. The molecule has 0 fully saturated rings. The molecule has 106 valence electrons. The molecule has 1 rings (SSSR count). The normalized spacial score (nSPS) is 11.3. The van der Waals surface area contributed by atoms with Gasteiger partial charge in [-0.2, -0.15) is 11.8 Å². The summed E-state index contributed by atoms with van der Waals surface area (Å²) in [6.45, 7) is 3.66. The van der Waals surface area contributed by atoms with Crippen molar-refractivity contribution in [2.45, 2.75) is 13.5 Å². The predicted molar refractivity (Wildman–Crippen MR) is 84.3 cm³/mol. The Morgan fingerprint density at radius 1 is 1.37 bits per heavy atom. The summed E-state index contributed by atoms with van der Waals surface area (Å²) < 4.78 is 5.39. The number of benzene rings is 1. The summed E-state index contributed by atoms with van der Waals surface area (Å²) in [5.41, 5.74) is 2.32. The number of ether oxygens (including phenoxy) is 1. The second kappa shape index (κ2) is 8.69. The molecule has 0 amide bonds. The van der Waals surface area contributed by atoms with E-state index in [2.05, 4.69) is 40.9 Å². The van der Waals surface area contributed by atoms with Crippen molar-refractivity contribution >= 4 is 17.7 Å². The molecule has 0 aliphatic rings. The molecule has 0 saturated carbocycles. The highest BCUT2D eigenvalue weighted by Crippen LogP contribution is 2.19. The van der Waals surface area contributed by atoms with Gasteiger partial charge < -0.3 is 15.4 Å². The Hall–Kier alpha value is -1.36. The van der Waals surface area contributed by atoms with Crippen LogP contribution >= 0.6 is 11.8 Å². The number of guanidine groups is 1. The average Bonchev–Trinajstić information content (AvgIpc) is 2.43. The Bertz CT molecular complexity index is 421. The third-order valence-electron chi connectivity index (χ3n) is 2.71. The Morgan fingerprint density at radius 3 is 2.79 bits per heavy atom. The lowest BCUT2D eigenvalue weighted by molar-refractivity contribution is 0.408. The fraction of sp³-hybridized carbons (Fsp3) is 0.500. The van der Waals surface area contributed by atoms with Gasteiger partial charge in [0.1, 0.15) is 5.75 Å². The van der Waals surface area contributed by atoms with Gasteiger partial charge in [-0.1, -0.05) is 12.1 Å². The first-order valence-electron chi connectivity index (χ1n) is 6.28. The number of hydrogen-bond acceptors (Lipinski definition) is 3. The highest BCUT2D eigenvalue weighted by Gasteiger charge is 2.04. The van der Waals surface area contributed by atoms with Gasteiger partial charge in [0.25, 0.3) is 0 Å². The topological polar surface area (TPSA) is 45.7 Å². The third kappa shape index (κ3) is 5.42. The quantitative estimate of drug-likeness (QED) is 0.476. The molecule has 0 aromatic heterocycles. The number of aliphatic imine (C=N–C) groups is 1. The SMILES string of the molecule is CN=C(NCCSC)NCc1ccc(C)cc1OC. The van der Waals surface area contributed by atoms with E-state index in [1.54, 1.807) is 14.2 Å². The van der Waals surface area contributed by atoms with Crippen LogP contribution < -0.4 is 15.4 Å². The van der Waals surface area contributed by atoms with Crippen molar-refractivity contribution in [3.8, 4) is 5.75 Å². The van der Waals surface area contributed by atoms with Crippen LogP contribution in [0.4, 0.5) is 0 Å². The molecule has 0 radical (unpaired) electrons. The van der Waals surface area contributed by atoms with Gasteiger partial charge in [0.15, 0.2) is 5.96 Å². The molecule has 0 atom stereocenters. The van der Waals surface area contributed by atoms with Crippen LogP contribution in [0.3, 0.4) is 0 Å². The number of hydrogen-bond donors (Lipinski definition) is 2. The van der Waals surface area contributed by atoms with Gasteiger partial charge in [-0.05, 0) is 24.8 Å². The van der Waals surface area contributed by atoms with Crippen LogP contribution in [0.2, 0.25) is 0 Å². The number of methoxy groups -OCH3 is 1. The van der Waals surface area contributed by atoms with Crippen LogP contribution in [0.5, 0.6) is 5.75 Å². The monoisotopic (exact) mass is 281 g/mol. The van der Waals surface area contributed by atoms with Crippen molar-refractivity contribution in [1.82, 2.24) is 10.6 Å². The molecular weight excluding hydrogens is 258 g/mol. The molecule has 2 N–H and O–H groups in total. The summed E-state index contributed by atoms with van der Waals surface area (Å²) in [5, 5.41) is 6.56. The van der Waals surface area contributed by atoms with Crippen molar-refractivity contribution in [2.24, 2.45) is 4.99 Å². The number of thioether (sulfide) groups is 1. The standard InChI is InChI=1S/C14H23N3OS/c1-11-5-6-12(13(9-11)18-3)10-17-14(15-2)16-7-8-19-4/h5-6,9H,7-8,10H2,1-4H3,(H2,15,16,17). The molecule has 0 aliphatic carbocycles. The molecule has 0 saturated heterocycles. The zero-order valence-corrected chi connectivity index (χ0v) is 12.9. The average molecular weight is 281 g/mol. The fourth-order valence-electron chi connectivity index (χ4n) is 1.67. The zero-order chi connectivity index (χ0) is 14.1. The molecular formula is C14H23N3OS. The Kier molecular flexibility index (Phi) is 7.18. The highest BCUT2D eigenvalue weighted by atomic mass is 32.2. The zero-order valence-electron chi connectivity index (χ0n) is 12.1. The van der Waals surface area contributed by atoms with E-state index in [9.17, 15) is 0 Å². The molecule has 0 bridgehead atoms. The van der Waals surface area contributed by atoms with Gasteiger partial charge in [0.2, 0.25) is 0 Å². The maximum absolute atomic E-state index is 5.39. The summed E-state index contributed by atoms with van der Waals surface area (Å²) in [5.74, 6) is 2.79. The minimum atomic E-state index is 0.697. The van der Waals surface area contributed by atoms with Crippen LogP contribution in [-0.2, 0) is 6.54 Å². The van der Waals surface area contributed by atoms with Crippen molar-refractivity contribution in [2.75, 3.05) is 32.7 Å². The van der Waals surface area contributed by atoms with E-state index in [0.29, 0.717) is 6.54 Å². The van der Waals surface area contributed by atoms with Crippen molar-refractivity contribution in [3.63, 3.8) is 0 Å². The lowest BCUT2D eigenvalue weighted by Crippen LogP contribution is -2.38. The Labute approximate surface area is 120 Å². The fourth-order valence-corrected chi connectivity index (χ4v) is 1.98. The van der Waals surface area contributed by atoms with E-state index >= 15 is 0 Å². The molecule has 1 aromatic rings. The van der Waals surface area contributed by atoms with Crippen LogP contribution in [0, 0.1) is 6.92 Å². The van der Waals surface area contributed by atoms with E-state index in [0.717, 1.165) is 29.6 Å². The van der Waals surface area contributed by atoms with Gasteiger partial charge in [0, 0.05) is 31.5 Å². The first-order chi connectivity index (χ1) is 9.21. The molecule has 19 heavy (non-hydrogen) atoms. The van der Waals surface area contributed by atoms with Crippen LogP contribution in [0.1, 0.15) is 11.1 Å². The lowest BCUT2D eigenvalue weighted by Gasteiger charge is -2.14. The summed E-state index contributed by atoms with van der Waals surface area (Å²) in [4.78, 5) is 4.19. The first kappa shape index (κ1) is 15.7. The first-order valence-corrected chi connectivity index (χ1v) is 7.67. The van der Waals surface area contributed by atoms with E-state index < -0.39 is 0 Å². The van der Waals surface area contributed by atoms with Gasteiger partial charge in [-0.3, -0.25) is 4.99 Å². The predicted octanol–water partition coefficient (Wildman–Crippen LogP) is 2.03. The smallest absolute Gasteiger partial charge is 0.191 e. The van der Waals surface area contributed by atoms with Crippen LogP contribution in [0.15, 0.2) is 23.2 Å². The Morgan fingerprint density at radius 2 is 2.16 bits per heavy atom. The van der Waals surface area contributed by atoms with E-state index in [1.165, 1.54) is 5.56 Å². The van der Waals surface area contributed by atoms with Gasteiger partial charge in [0.05, 0.1) is 7.11 Å². The minimum Gasteiger partial charge on any atom is -0.496 e. The summed E-state index contributed by atoms with van der Waals surface area (Å²) in [7, 11) is 3.48. The van der Waals surface area contributed by atoms with Gasteiger partial charge in [-0.25, -0.2) is 0 Å². The second-order valence-corrected chi connectivity index (χ2v) is 5.15. The number of nitrogens with one attached hydrogen (secondary N) is 2. The number of rotatable bonds is 6. The summed E-state index contributed by atoms with van der Waals surface area (Å²) >= 11 is 1.81. The highest BCUT2D eigenvalue weighted by molar-refractivity contribution is 7.98. The van der Waals surface area contributed by atoms with Crippen molar-refractivity contribution < 1.29 is 4.74 Å². The maximum Gasteiger partial charge on any atom is 0.191 e. The van der Waals surface area contributed by atoms with Gasteiger partial charge in [-0.15, -0.1) is 0 Å². The van der Waals surface area contributed by atoms with E-state index in [4.69, 9.17) is 4.74 Å². The lowest BCUT2D eigenvalue weighted by atomic mass is 10.1. The molecule has 0 aliphatic heterocycles. The largest absolute Gasteiger partial charge is 0.496 e. The summed E-state index contributed by atoms with van der Waals surface area (Å²) in [6.07, 6.45) is 2.09. The van der Waals surface area contributed by atoms with Crippen LogP contribution in [0.25, 0.3) is 0 Å². The Balaban J connectivity index is 2.55. The third-order valence-corrected chi connectivity index (χ3v) is 3.32. The van der Waals surface area contributed by atoms with E-state index in [-0.39, 0.29) is 0 Å².